The molecule has 26 heavy (non-hydrogen) atoms. The minimum Gasteiger partial charge on any atom is -0.353 e. The Balaban J connectivity index is 1.44. The van der Waals surface area contributed by atoms with Gasteiger partial charge in [0.05, 0.1) is 5.69 Å². The van der Waals surface area contributed by atoms with Crippen LogP contribution in [0.15, 0.2) is 18.5 Å². The van der Waals surface area contributed by atoms with Gasteiger partial charge in [0.15, 0.2) is 0 Å². The van der Waals surface area contributed by atoms with Gasteiger partial charge in [-0.05, 0) is 26.8 Å². The molecule has 0 aromatic carbocycles. The first-order valence-corrected chi connectivity index (χ1v) is 8.72. The van der Waals surface area contributed by atoms with E-state index in [2.05, 4.69) is 25.1 Å². The number of hydrogen-bond acceptors (Lipinski definition) is 6. The van der Waals surface area contributed by atoms with E-state index in [1.54, 1.807) is 9.20 Å². The average molecular weight is 354 g/mol. The number of fused-ring (bicyclic) bond motifs is 1. The molecular weight excluding hydrogens is 332 g/mol. The number of aryl methyl sites for hydroxylation is 3. The third kappa shape index (κ3) is 3.00. The van der Waals surface area contributed by atoms with Crippen molar-refractivity contribution in [3.05, 3.63) is 35.5 Å². The number of carbonyl (C=O) groups excluding carboxylic acids is 1. The third-order valence-electron chi connectivity index (χ3n) is 4.71. The minimum absolute atomic E-state index is 0.104. The van der Waals surface area contributed by atoms with Gasteiger partial charge in [0.25, 0.3) is 5.78 Å². The predicted molar refractivity (Wildman–Crippen MR) is 96.0 cm³/mol. The second kappa shape index (κ2) is 6.40. The number of carbonyl (C=O) groups is 1. The Morgan fingerprint density at radius 1 is 1.08 bits per heavy atom. The van der Waals surface area contributed by atoms with Gasteiger partial charge in [-0.25, -0.2) is 4.98 Å². The van der Waals surface area contributed by atoms with Gasteiger partial charge in [-0.3, -0.25) is 9.48 Å². The molecule has 9 nitrogen and oxygen atoms in total. The van der Waals surface area contributed by atoms with Gasteiger partial charge in [-0.15, -0.1) is 0 Å². The van der Waals surface area contributed by atoms with E-state index in [1.807, 2.05) is 37.8 Å². The van der Waals surface area contributed by atoms with E-state index in [9.17, 15) is 4.79 Å². The molecule has 4 rings (SSSR count). The lowest BCUT2D eigenvalue weighted by atomic mass is 10.3. The molecule has 3 aromatic rings. The van der Waals surface area contributed by atoms with Crippen LogP contribution in [0.25, 0.3) is 5.78 Å². The lowest BCUT2D eigenvalue weighted by Gasteiger charge is -2.36. The molecule has 136 valence electrons. The van der Waals surface area contributed by atoms with Crippen LogP contribution in [0.1, 0.15) is 17.1 Å². The van der Waals surface area contributed by atoms with Crippen molar-refractivity contribution in [1.29, 1.82) is 0 Å². The van der Waals surface area contributed by atoms with Crippen LogP contribution in [-0.4, -0.2) is 66.3 Å². The maximum absolute atomic E-state index is 12.6. The van der Waals surface area contributed by atoms with Crippen molar-refractivity contribution < 1.29 is 4.79 Å². The third-order valence-corrected chi connectivity index (χ3v) is 4.71. The zero-order valence-electron chi connectivity index (χ0n) is 15.3. The van der Waals surface area contributed by atoms with Gasteiger partial charge in [-0.1, -0.05) is 0 Å². The number of amides is 1. The molecule has 0 spiro atoms. The highest BCUT2D eigenvalue weighted by Crippen LogP contribution is 2.18. The highest BCUT2D eigenvalue weighted by atomic mass is 16.2. The van der Waals surface area contributed by atoms with Gasteiger partial charge in [-0.2, -0.15) is 19.7 Å². The van der Waals surface area contributed by atoms with E-state index >= 15 is 0 Å². The number of aromatic nitrogens is 6. The SMILES string of the molecule is Cc1cc(N2CCN(C(=O)Cn3nc(C)cc3C)CC2)n2ncnc2n1. The second-order valence-electron chi connectivity index (χ2n) is 6.68. The van der Waals surface area contributed by atoms with E-state index < -0.39 is 0 Å². The molecule has 1 fully saturated rings. The van der Waals surface area contributed by atoms with Gasteiger partial charge < -0.3 is 9.80 Å². The highest BCUT2D eigenvalue weighted by Gasteiger charge is 2.24. The molecule has 0 N–H and O–H groups in total. The van der Waals surface area contributed by atoms with Crippen LogP contribution in [0.4, 0.5) is 5.82 Å². The van der Waals surface area contributed by atoms with Crippen molar-refractivity contribution in [3.8, 4) is 0 Å². The largest absolute Gasteiger partial charge is 0.353 e. The summed E-state index contributed by atoms with van der Waals surface area (Å²) in [4.78, 5) is 25.3. The molecule has 1 aliphatic rings. The van der Waals surface area contributed by atoms with E-state index in [0.717, 1.165) is 36.0 Å². The van der Waals surface area contributed by atoms with E-state index in [0.29, 0.717) is 25.4 Å². The molecule has 3 aromatic heterocycles. The van der Waals surface area contributed by atoms with Crippen molar-refractivity contribution in [2.24, 2.45) is 0 Å². The Kier molecular flexibility index (Phi) is 4.06. The first kappa shape index (κ1) is 16.5. The van der Waals surface area contributed by atoms with E-state index in [-0.39, 0.29) is 5.91 Å². The first-order chi connectivity index (χ1) is 12.5. The Bertz CT molecular complexity index is 951. The van der Waals surface area contributed by atoms with Gasteiger partial charge in [0, 0.05) is 43.6 Å². The summed E-state index contributed by atoms with van der Waals surface area (Å²) in [5.41, 5.74) is 2.85. The summed E-state index contributed by atoms with van der Waals surface area (Å²) >= 11 is 0. The van der Waals surface area contributed by atoms with E-state index in [1.165, 1.54) is 6.33 Å². The standard InChI is InChI=1S/C17H22N8O/c1-12-9-15(25-17(20-12)18-11-19-25)22-4-6-23(7-5-22)16(26)10-24-14(3)8-13(2)21-24/h8-9,11H,4-7,10H2,1-3H3. The normalized spacial score (nSPS) is 15.0. The number of anilines is 1. The van der Waals surface area contributed by atoms with Crippen LogP contribution >= 0.6 is 0 Å². The van der Waals surface area contributed by atoms with E-state index in [4.69, 9.17) is 0 Å². The van der Waals surface area contributed by atoms with Crippen molar-refractivity contribution in [2.45, 2.75) is 27.3 Å². The Morgan fingerprint density at radius 3 is 2.54 bits per heavy atom. The average Bonchev–Trinajstić information content (AvgIpc) is 3.20. The number of piperazine rings is 1. The summed E-state index contributed by atoms with van der Waals surface area (Å²) in [5, 5.41) is 8.64. The van der Waals surface area contributed by atoms with Gasteiger partial charge >= 0.3 is 0 Å². The minimum atomic E-state index is 0.104. The van der Waals surface area contributed by atoms with Crippen LogP contribution in [0.3, 0.4) is 0 Å². The summed E-state index contributed by atoms with van der Waals surface area (Å²) in [6.45, 7) is 9.01. The van der Waals surface area contributed by atoms with Crippen molar-refractivity contribution in [2.75, 3.05) is 31.1 Å². The molecule has 0 bridgehead atoms. The maximum Gasteiger partial charge on any atom is 0.254 e. The fourth-order valence-electron chi connectivity index (χ4n) is 3.38. The molecule has 1 amide bonds. The molecule has 4 heterocycles. The number of hydrogen-bond donors (Lipinski definition) is 0. The smallest absolute Gasteiger partial charge is 0.254 e. The van der Waals surface area contributed by atoms with Crippen LogP contribution < -0.4 is 4.90 Å². The lowest BCUT2D eigenvalue weighted by molar-refractivity contribution is -0.132. The Hall–Kier alpha value is -2.97. The van der Waals surface area contributed by atoms with Crippen molar-refractivity contribution in [1.82, 2.24) is 34.3 Å². The summed E-state index contributed by atoms with van der Waals surface area (Å²) in [6, 6.07) is 4.00. The van der Waals surface area contributed by atoms with Crippen LogP contribution in [0.5, 0.6) is 0 Å². The molecular formula is C17H22N8O. The zero-order valence-corrected chi connectivity index (χ0v) is 15.3. The zero-order chi connectivity index (χ0) is 18.3. The topological polar surface area (TPSA) is 84.5 Å². The maximum atomic E-state index is 12.6. The number of nitrogens with zero attached hydrogens (tertiary/aromatic N) is 8. The van der Waals surface area contributed by atoms with Crippen LogP contribution in [-0.2, 0) is 11.3 Å². The summed E-state index contributed by atoms with van der Waals surface area (Å²) in [6.07, 6.45) is 1.51. The summed E-state index contributed by atoms with van der Waals surface area (Å²) < 4.78 is 3.52. The molecule has 0 aliphatic carbocycles. The highest BCUT2D eigenvalue weighted by molar-refractivity contribution is 5.76. The quantitative estimate of drug-likeness (QED) is 0.685. The Labute approximate surface area is 151 Å². The van der Waals surface area contributed by atoms with Crippen molar-refractivity contribution in [3.63, 3.8) is 0 Å². The predicted octanol–water partition coefficient (Wildman–Crippen LogP) is 0.595. The summed E-state index contributed by atoms with van der Waals surface area (Å²) in [5.74, 6) is 1.67. The first-order valence-electron chi connectivity index (χ1n) is 8.72. The fourth-order valence-corrected chi connectivity index (χ4v) is 3.38. The van der Waals surface area contributed by atoms with Crippen LogP contribution in [0, 0.1) is 20.8 Å². The molecule has 1 aliphatic heterocycles. The Morgan fingerprint density at radius 2 is 1.85 bits per heavy atom. The van der Waals surface area contributed by atoms with Crippen LogP contribution in [0.2, 0.25) is 0 Å². The van der Waals surface area contributed by atoms with Gasteiger partial charge in [0.2, 0.25) is 5.91 Å². The molecule has 0 unspecified atom stereocenters. The monoisotopic (exact) mass is 354 g/mol. The number of rotatable bonds is 3. The summed E-state index contributed by atoms with van der Waals surface area (Å²) in [7, 11) is 0. The fraction of sp³-hybridized carbons (Fsp3) is 0.471. The molecule has 9 heteroatoms. The molecule has 1 saturated heterocycles. The van der Waals surface area contributed by atoms with Crippen molar-refractivity contribution >= 4 is 17.5 Å². The molecule has 0 radical (unpaired) electrons. The molecule has 0 saturated carbocycles. The lowest BCUT2D eigenvalue weighted by Crippen LogP contribution is -2.50. The van der Waals surface area contributed by atoms with Gasteiger partial charge in [0.1, 0.15) is 18.7 Å². The second-order valence-corrected chi connectivity index (χ2v) is 6.68. The molecule has 0 atom stereocenters.